The molecule has 11 aromatic carbocycles. The van der Waals surface area contributed by atoms with Gasteiger partial charge >= 0.3 is 0 Å². The van der Waals surface area contributed by atoms with Crippen molar-refractivity contribution >= 4 is 33.4 Å². The van der Waals surface area contributed by atoms with Gasteiger partial charge in [-0.2, -0.15) is 5.10 Å². The monoisotopic (exact) mass is 955 g/mol. The van der Waals surface area contributed by atoms with E-state index in [1.54, 1.807) is 0 Å². The third-order valence-corrected chi connectivity index (χ3v) is 15.3. The van der Waals surface area contributed by atoms with E-state index in [4.69, 9.17) is 5.10 Å². The topological polar surface area (TPSA) is 20.5 Å². The van der Waals surface area contributed by atoms with Crippen LogP contribution in [-0.4, -0.2) is 9.61 Å². The number of benzene rings is 11. The number of rotatable bonds is 10. The molecule has 3 heteroatoms. The molecule has 0 radical (unpaired) electrons. The Morgan fingerprint density at radius 2 is 0.800 bits per heavy atom. The summed E-state index contributed by atoms with van der Waals surface area (Å²) in [4.78, 5) is 2.49. The predicted molar refractivity (Wildman–Crippen MR) is 312 cm³/mol. The number of pyridine rings is 1. The summed E-state index contributed by atoms with van der Waals surface area (Å²) in [5.74, 6) is 0. The van der Waals surface area contributed by atoms with Gasteiger partial charge in [0.2, 0.25) is 0 Å². The molecule has 0 spiro atoms. The molecule has 0 amide bonds. The smallest absolute Gasteiger partial charge is 0.101 e. The average Bonchev–Trinajstić information content (AvgIpc) is 4.07. The minimum absolute atomic E-state index is 0.558. The highest BCUT2D eigenvalue weighted by molar-refractivity contribution is 6.10. The summed E-state index contributed by atoms with van der Waals surface area (Å²) >= 11 is 0. The highest BCUT2D eigenvalue weighted by Gasteiger charge is 2.47. The van der Waals surface area contributed by atoms with Gasteiger partial charge in [-0.15, -0.1) is 0 Å². The zero-order valence-electron chi connectivity index (χ0n) is 41.1. The van der Waals surface area contributed by atoms with Crippen LogP contribution in [0.2, 0.25) is 0 Å². The van der Waals surface area contributed by atoms with Gasteiger partial charge in [0.25, 0.3) is 0 Å². The molecule has 1 aliphatic carbocycles. The standard InChI is InChI=1S/C72H49N3/c1-7-22-50(23-8-1)51-38-40-52(41-39-51)53-42-44-60(45-43-53)74(66-37-21-36-65-69(66)63-34-19-20-35-64(63)72(65,58-30-15-5-16-31-58)59-32-17-6-18-33-59)61-46-47-62-57(48-61)49-67(54-24-9-2-10-25-54)75-71(62)68(55-26-11-3-12-27-55)70(73-75)56-28-13-4-14-29-56/h1-49H. The van der Waals surface area contributed by atoms with Gasteiger partial charge in [-0.3, -0.25) is 0 Å². The second-order valence-electron chi connectivity index (χ2n) is 19.4. The fourth-order valence-corrected chi connectivity index (χ4v) is 11.9. The first-order chi connectivity index (χ1) is 37.2. The van der Waals surface area contributed by atoms with Crippen LogP contribution in [-0.2, 0) is 5.41 Å². The number of hydrogen-bond donors (Lipinski definition) is 0. The first-order valence-corrected chi connectivity index (χ1v) is 25.8. The number of hydrogen-bond acceptors (Lipinski definition) is 2. The average molecular weight is 956 g/mol. The van der Waals surface area contributed by atoms with E-state index in [0.29, 0.717) is 0 Å². The minimum Gasteiger partial charge on any atom is -0.310 e. The van der Waals surface area contributed by atoms with Crippen molar-refractivity contribution in [2.24, 2.45) is 0 Å². The number of nitrogens with zero attached hydrogens (tertiary/aromatic N) is 3. The quantitative estimate of drug-likeness (QED) is 0.136. The first kappa shape index (κ1) is 43.9. The maximum Gasteiger partial charge on any atom is 0.101 e. The lowest BCUT2D eigenvalue weighted by Gasteiger charge is -2.34. The molecule has 75 heavy (non-hydrogen) atoms. The lowest BCUT2D eigenvalue weighted by atomic mass is 9.68. The molecule has 14 rings (SSSR count). The normalized spacial score (nSPS) is 12.4. The molecule has 0 unspecified atom stereocenters. The third-order valence-electron chi connectivity index (χ3n) is 15.3. The molecule has 0 saturated carbocycles. The lowest BCUT2D eigenvalue weighted by Crippen LogP contribution is -2.28. The van der Waals surface area contributed by atoms with Crippen LogP contribution in [0.25, 0.3) is 83.3 Å². The molecule has 13 aromatic rings. The summed E-state index contributed by atoms with van der Waals surface area (Å²) in [6, 6.07) is 108. The Morgan fingerprint density at radius 1 is 0.333 bits per heavy atom. The Morgan fingerprint density at radius 3 is 1.40 bits per heavy atom. The second kappa shape index (κ2) is 18.3. The van der Waals surface area contributed by atoms with Crippen LogP contribution in [0.5, 0.6) is 0 Å². The van der Waals surface area contributed by atoms with Crippen LogP contribution in [0, 0.1) is 0 Å². The van der Waals surface area contributed by atoms with Gasteiger partial charge in [-0.1, -0.05) is 261 Å². The number of aromatic nitrogens is 2. The highest BCUT2D eigenvalue weighted by atomic mass is 15.2. The molecular weight excluding hydrogens is 907 g/mol. The first-order valence-electron chi connectivity index (χ1n) is 25.8. The lowest BCUT2D eigenvalue weighted by molar-refractivity contribution is 0.768. The number of fused-ring (bicyclic) bond motifs is 6. The van der Waals surface area contributed by atoms with Crippen LogP contribution in [0.4, 0.5) is 17.1 Å². The molecule has 3 nitrogen and oxygen atoms in total. The predicted octanol–water partition coefficient (Wildman–Crippen LogP) is 18.7. The Hall–Kier alpha value is -9.83. The van der Waals surface area contributed by atoms with E-state index >= 15 is 0 Å². The molecule has 0 atom stereocenters. The van der Waals surface area contributed by atoms with Crippen molar-refractivity contribution in [2.45, 2.75) is 5.41 Å². The Balaban J connectivity index is 1.02. The summed E-state index contributed by atoms with van der Waals surface area (Å²) in [6.45, 7) is 0. The second-order valence-corrected chi connectivity index (χ2v) is 19.4. The van der Waals surface area contributed by atoms with Crippen molar-refractivity contribution in [1.82, 2.24) is 9.61 Å². The van der Waals surface area contributed by atoms with Gasteiger partial charge in [0.1, 0.15) is 5.69 Å². The van der Waals surface area contributed by atoms with E-state index in [-0.39, 0.29) is 0 Å². The van der Waals surface area contributed by atoms with Gasteiger partial charge in [0, 0.05) is 39.0 Å². The van der Waals surface area contributed by atoms with Gasteiger partial charge in [0.05, 0.1) is 22.3 Å². The third kappa shape index (κ3) is 7.31. The van der Waals surface area contributed by atoms with Crippen molar-refractivity contribution in [2.75, 3.05) is 4.90 Å². The van der Waals surface area contributed by atoms with E-state index in [2.05, 4.69) is 307 Å². The summed E-state index contributed by atoms with van der Waals surface area (Å²) in [7, 11) is 0. The van der Waals surface area contributed by atoms with E-state index in [1.165, 1.54) is 50.1 Å². The van der Waals surface area contributed by atoms with Crippen LogP contribution in [0.3, 0.4) is 0 Å². The van der Waals surface area contributed by atoms with E-state index in [9.17, 15) is 0 Å². The van der Waals surface area contributed by atoms with E-state index in [1.807, 2.05) is 0 Å². The molecule has 1 aliphatic rings. The maximum atomic E-state index is 5.52. The van der Waals surface area contributed by atoms with Crippen LogP contribution < -0.4 is 4.90 Å². The molecule has 2 heterocycles. The van der Waals surface area contributed by atoms with E-state index in [0.717, 1.165) is 72.6 Å². The molecule has 352 valence electrons. The fourth-order valence-electron chi connectivity index (χ4n) is 11.9. The molecule has 2 aromatic heterocycles. The van der Waals surface area contributed by atoms with Gasteiger partial charge in [-0.25, -0.2) is 4.52 Å². The SMILES string of the molecule is c1ccc(-c2ccc(-c3ccc(N(c4ccc5c(c4)cc(-c4ccccc4)n4nc(-c6ccccc6)c(-c6ccccc6)c54)c4cccc5c4-c4ccccc4C5(c4ccccc4)c4ccccc4)cc3)cc2)cc1. The summed E-state index contributed by atoms with van der Waals surface area (Å²) < 4.78 is 2.18. The largest absolute Gasteiger partial charge is 0.310 e. The van der Waals surface area contributed by atoms with Crippen LogP contribution in [0.15, 0.2) is 297 Å². The van der Waals surface area contributed by atoms with Crippen LogP contribution >= 0.6 is 0 Å². The van der Waals surface area contributed by atoms with Gasteiger partial charge in [-0.05, 0) is 97.4 Å². The van der Waals surface area contributed by atoms with Crippen molar-refractivity contribution < 1.29 is 0 Å². The van der Waals surface area contributed by atoms with Crippen molar-refractivity contribution in [3.8, 4) is 67.0 Å². The summed E-state index contributed by atoms with van der Waals surface area (Å²) in [6.07, 6.45) is 0. The molecule has 0 N–H and O–H groups in total. The molecule has 0 fully saturated rings. The zero-order chi connectivity index (χ0) is 49.7. The zero-order valence-corrected chi connectivity index (χ0v) is 41.1. The molecule has 0 aliphatic heterocycles. The Bertz CT molecular complexity index is 4130. The number of anilines is 3. The van der Waals surface area contributed by atoms with Crippen molar-refractivity contribution in [3.05, 3.63) is 320 Å². The van der Waals surface area contributed by atoms with Gasteiger partial charge < -0.3 is 4.90 Å². The van der Waals surface area contributed by atoms with Crippen molar-refractivity contribution in [3.63, 3.8) is 0 Å². The highest BCUT2D eigenvalue weighted by Crippen LogP contribution is 2.59. The fraction of sp³-hybridized carbons (Fsp3) is 0.0139. The molecule has 0 saturated heterocycles. The van der Waals surface area contributed by atoms with E-state index < -0.39 is 5.41 Å². The summed E-state index contributed by atoms with van der Waals surface area (Å²) in [5.41, 5.74) is 22.3. The van der Waals surface area contributed by atoms with Gasteiger partial charge in [0.15, 0.2) is 0 Å². The Labute approximate surface area is 437 Å². The summed E-state index contributed by atoms with van der Waals surface area (Å²) in [5, 5.41) is 7.76. The molecule has 0 bridgehead atoms. The molecular formula is C72H49N3. The maximum absolute atomic E-state index is 5.52. The van der Waals surface area contributed by atoms with Crippen LogP contribution in [0.1, 0.15) is 22.3 Å². The minimum atomic E-state index is -0.558. The Kier molecular flexibility index (Phi) is 10.7. The van der Waals surface area contributed by atoms with Crippen molar-refractivity contribution in [1.29, 1.82) is 0 Å².